The van der Waals surface area contributed by atoms with Crippen LogP contribution in [0.5, 0.6) is 0 Å². The molecule has 38 heavy (non-hydrogen) atoms. The minimum absolute atomic E-state index is 0.00715. The smallest absolute Gasteiger partial charge is 0.339 e. The first-order valence-electron chi connectivity index (χ1n) is 12.8. The van der Waals surface area contributed by atoms with Gasteiger partial charge in [0.15, 0.2) is 5.92 Å². The first kappa shape index (κ1) is 29.1. The fraction of sp³-hybridized carbons (Fsp3) is 0.323. The van der Waals surface area contributed by atoms with Crippen molar-refractivity contribution in [3.05, 3.63) is 90.5 Å². The summed E-state index contributed by atoms with van der Waals surface area (Å²) < 4.78 is 10.8. The Hall–Kier alpha value is -3.50. The van der Waals surface area contributed by atoms with Crippen LogP contribution >= 0.6 is 7.92 Å². The zero-order chi connectivity index (χ0) is 27.7. The van der Waals surface area contributed by atoms with Crippen molar-refractivity contribution >= 4 is 41.7 Å². The number of carbonyl (C=O) groups is 3. The Morgan fingerprint density at radius 1 is 0.789 bits per heavy atom. The summed E-state index contributed by atoms with van der Waals surface area (Å²) in [7, 11) is 0.174. The van der Waals surface area contributed by atoms with Crippen LogP contribution in [-0.4, -0.2) is 36.2 Å². The van der Waals surface area contributed by atoms with Gasteiger partial charge in [0.25, 0.3) is 0 Å². The van der Waals surface area contributed by atoms with E-state index in [0.29, 0.717) is 12.0 Å². The molecule has 3 atom stereocenters. The van der Waals surface area contributed by atoms with Crippen LogP contribution in [0.15, 0.2) is 84.9 Å². The summed E-state index contributed by atoms with van der Waals surface area (Å²) in [6.45, 7) is 5.85. The molecule has 0 aromatic heterocycles. The molecular weight excluding hydrogens is 499 g/mol. The van der Waals surface area contributed by atoms with Crippen molar-refractivity contribution in [2.45, 2.75) is 39.7 Å². The van der Waals surface area contributed by atoms with E-state index in [0.717, 1.165) is 15.9 Å². The molecule has 3 rings (SSSR count). The molecule has 0 radical (unpaired) electrons. The van der Waals surface area contributed by atoms with E-state index in [4.69, 9.17) is 4.74 Å². The summed E-state index contributed by atoms with van der Waals surface area (Å²) in [6.07, 6.45) is 0.0423. The number of methoxy groups -OCH3 is 1. The molecule has 7 heteroatoms. The molecule has 1 unspecified atom stereocenters. The van der Waals surface area contributed by atoms with E-state index in [1.54, 1.807) is 6.07 Å². The van der Waals surface area contributed by atoms with E-state index in [1.165, 1.54) is 7.11 Å². The van der Waals surface area contributed by atoms with Crippen molar-refractivity contribution in [1.82, 2.24) is 0 Å². The van der Waals surface area contributed by atoms with Crippen LogP contribution in [0.1, 0.15) is 44.0 Å². The normalized spacial score (nSPS) is 13.5. The highest BCUT2D eigenvalue weighted by Gasteiger charge is 2.32. The van der Waals surface area contributed by atoms with Crippen molar-refractivity contribution in [3.8, 4) is 0 Å². The second-order valence-corrected chi connectivity index (χ2v) is 11.8. The highest BCUT2D eigenvalue weighted by Crippen LogP contribution is 2.34. The molecule has 6 nitrogen and oxygen atoms in total. The van der Waals surface area contributed by atoms with Gasteiger partial charge >= 0.3 is 17.9 Å². The summed E-state index contributed by atoms with van der Waals surface area (Å²) in [6, 6.07) is 27.9. The lowest BCUT2D eigenvalue weighted by atomic mass is 9.88. The largest absolute Gasteiger partial charge is 0.481 e. The molecule has 0 aliphatic rings. The van der Waals surface area contributed by atoms with E-state index in [9.17, 15) is 19.5 Å². The van der Waals surface area contributed by atoms with Gasteiger partial charge in [0.05, 0.1) is 12.7 Å². The fourth-order valence-electron chi connectivity index (χ4n) is 4.60. The van der Waals surface area contributed by atoms with Crippen LogP contribution in [0.4, 0.5) is 0 Å². The van der Waals surface area contributed by atoms with Gasteiger partial charge in [-0.2, -0.15) is 0 Å². The fourth-order valence-corrected chi connectivity index (χ4v) is 7.03. The average molecular weight is 535 g/mol. The number of ether oxygens (including phenoxy) is 2. The third-order valence-electron chi connectivity index (χ3n) is 6.55. The highest BCUT2D eigenvalue weighted by atomic mass is 31.1. The Balaban J connectivity index is 1.88. The quantitative estimate of drug-likeness (QED) is 0.202. The molecule has 0 saturated carbocycles. The maximum Gasteiger partial charge on any atom is 0.339 e. The number of aliphatic carboxylic acids is 1. The minimum atomic E-state index is -1.24. The molecule has 200 valence electrons. The van der Waals surface area contributed by atoms with E-state index in [2.05, 4.69) is 29.0 Å². The lowest BCUT2D eigenvalue weighted by Crippen LogP contribution is -2.34. The number of carbonyl (C=O) groups excluding carboxylic acids is 2. The summed E-state index contributed by atoms with van der Waals surface area (Å²) in [5, 5.41) is 12.6. The van der Waals surface area contributed by atoms with Gasteiger partial charge < -0.3 is 14.6 Å². The Morgan fingerprint density at radius 2 is 1.32 bits per heavy atom. The first-order chi connectivity index (χ1) is 18.2. The van der Waals surface area contributed by atoms with Crippen LogP contribution in [0.25, 0.3) is 0 Å². The van der Waals surface area contributed by atoms with E-state index in [-0.39, 0.29) is 18.3 Å². The van der Waals surface area contributed by atoms with Crippen LogP contribution in [-0.2, 0) is 19.1 Å². The van der Waals surface area contributed by atoms with Crippen molar-refractivity contribution in [2.75, 3.05) is 7.11 Å². The average Bonchev–Trinajstić information content (AvgIpc) is 2.92. The molecular formula is C31H35O6P. The highest BCUT2D eigenvalue weighted by molar-refractivity contribution is 7.80. The van der Waals surface area contributed by atoms with Crippen LogP contribution < -0.4 is 15.9 Å². The van der Waals surface area contributed by atoms with Crippen LogP contribution in [0.3, 0.4) is 0 Å². The lowest BCUT2D eigenvalue weighted by Gasteiger charge is -2.29. The van der Waals surface area contributed by atoms with Gasteiger partial charge in [-0.3, -0.25) is 9.59 Å². The molecule has 3 aromatic rings. The first-order valence-corrected chi connectivity index (χ1v) is 14.1. The zero-order valence-electron chi connectivity index (χ0n) is 22.2. The van der Waals surface area contributed by atoms with Gasteiger partial charge in [0.1, 0.15) is 6.10 Å². The second-order valence-electron chi connectivity index (χ2n) is 9.61. The molecule has 0 saturated heterocycles. The van der Waals surface area contributed by atoms with Crippen LogP contribution in [0, 0.1) is 17.8 Å². The van der Waals surface area contributed by atoms with Crippen molar-refractivity contribution < 1.29 is 29.0 Å². The minimum Gasteiger partial charge on any atom is -0.481 e. The van der Waals surface area contributed by atoms with Gasteiger partial charge in [-0.25, -0.2) is 4.79 Å². The third kappa shape index (κ3) is 7.29. The molecule has 0 spiro atoms. The lowest BCUT2D eigenvalue weighted by molar-refractivity contribution is -0.157. The maximum atomic E-state index is 13.7. The Bertz CT molecular complexity index is 1170. The van der Waals surface area contributed by atoms with Gasteiger partial charge in [0, 0.05) is 0 Å². The number of benzene rings is 3. The van der Waals surface area contributed by atoms with Gasteiger partial charge in [-0.1, -0.05) is 99.6 Å². The van der Waals surface area contributed by atoms with Crippen molar-refractivity contribution in [1.29, 1.82) is 0 Å². The standard InChI is InChI=1S/C31H35O6P/c1-21(2)28(22(3)19-20-26(29(32)33)30(34)36-4)37-31(35)25-17-11-12-18-27(25)38(23-13-7-5-8-14-23)24-15-9-6-10-16-24/h5-18,21-22,26,28H,19-20H2,1-4H3,(H,32,33)/t22-,26?,28-/m1/s1. The molecule has 0 bridgehead atoms. The molecule has 3 aromatic carbocycles. The predicted molar refractivity (Wildman–Crippen MR) is 151 cm³/mol. The van der Waals surface area contributed by atoms with E-state index < -0.39 is 37.9 Å². The number of hydrogen-bond donors (Lipinski definition) is 1. The number of rotatable bonds is 12. The summed E-state index contributed by atoms with van der Waals surface area (Å²) in [5.41, 5.74) is 0.516. The van der Waals surface area contributed by atoms with Gasteiger partial charge in [-0.05, 0) is 54.6 Å². The van der Waals surface area contributed by atoms with E-state index in [1.807, 2.05) is 75.4 Å². The van der Waals surface area contributed by atoms with Gasteiger partial charge in [0.2, 0.25) is 0 Å². The molecule has 0 amide bonds. The number of hydrogen-bond acceptors (Lipinski definition) is 5. The summed E-state index contributed by atoms with van der Waals surface area (Å²) in [4.78, 5) is 37.1. The molecule has 0 heterocycles. The Morgan fingerprint density at radius 3 is 1.82 bits per heavy atom. The van der Waals surface area contributed by atoms with Crippen molar-refractivity contribution in [3.63, 3.8) is 0 Å². The maximum absolute atomic E-state index is 13.7. The Kier molecular flexibility index (Phi) is 10.6. The summed E-state index contributed by atoms with van der Waals surface area (Å²) in [5.74, 6) is -3.81. The predicted octanol–water partition coefficient (Wildman–Crippen LogP) is 4.92. The summed E-state index contributed by atoms with van der Waals surface area (Å²) >= 11 is 0. The number of carboxylic acids is 1. The number of carboxylic acid groups (broad SMARTS) is 1. The number of esters is 2. The van der Waals surface area contributed by atoms with Crippen molar-refractivity contribution in [2.24, 2.45) is 17.8 Å². The second kappa shape index (κ2) is 13.9. The Labute approximate surface area is 225 Å². The molecule has 0 fully saturated rings. The molecule has 0 aliphatic heterocycles. The monoisotopic (exact) mass is 534 g/mol. The van der Waals surface area contributed by atoms with Crippen LogP contribution in [0.2, 0.25) is 0 Å². The SMILES string of the molecule is COC(=O)C(CC[C@@H](C)[C@H](OC(=O)c1ccccc1P(c1ccccc1)c1ccccc1)C(C)C)C(=O)O. The molecule has 0 aliphatic carbocycles. The topological polar surface area (TPSA) is 89.9 Å². The van der Waals surface area contributed by atoms with E-state index >= 15 is 0 Å². The third-order valence-corrected chi connectivity index (χ3v) is 9.05. The molecule has 1 N–H and O–H groups in total. The zero-order valence-corrected chi connectivity index (χ0v) is 23.1. The van der Waals surface area contributed by atoms with Gasteiger partial charge in [-0.15, -0.1) is 0 Å².